The molecule has 1 heterocycles. The number of amides is 1. The number of hydrogen-bond acceptors (Lipinski definition) is 1. The predicted octanol–water partition coefficient (Wildman–Crippen LogP) is 3.58. The Morgan fingerprint density at radius 2 is 1.81 bits per heavy atom. The summed E-state index contributed by atoms with van der Waals surface area (Å²) in [6.45, 7) is 0.238. The molecule has 1 amide bonds. The van der Waals surface area contributed by atoms with Gasteiger partial charge >= 0.3 is 0 Å². The summed E-state index contributed by atoms with van der Waals surface area (Å²) < 4.78 is 27.5. The van der Waals surface area contributed by atoms with Gasteiger partial charge in [-0.3, -0.25) is 4.79 Å². The molecule has 2 aromatic rings. The van der Waals surface area contributed by atoms with E-state index in [1.54, 1.807) is 7.05 Å². The molecule has 1 aromatic heterocycles. The zero-order chi connectivity index (χ0) is 15.6. The third-order valence-corrected chi connectivity index (χ3v) is 3.81. The van der Waals surface area contributed by atoms with Crippen LogP contribution in [0.15, 0.2) is 24.3 Å². The highest BCUT2D eigenvalue weighted by Gasteiger charge is 2.15. The van der Waals surface area contributed by atoms with Crippen molar-refractivity contribution in [2.24, 2.45) is 7.05 Å². The van der Waals surface area contributed by atoms with Crippen molar-refractivity contribution >= 4 is 29.1 Å². The van der Waals surface area contributed by atoms with Crippen molar-refractivity contribution in [1.82, 2.24) is 9.88 Å². The second-order valence-corrected chi connectivity index (χ2v) is 5.28. The van der Waals surface area contributed by atoms with E-state index in [1.165, 1.54) is 22.8 Å². The van der Waals surface area contributed by atoms with Crippen LogP contribution in [0, 0.1) is 11.6 Å². The molecule has 0 saturated carbocycles. The second-order valence-electron chi connectivity index (χ2n) is 4.51. The fraction of sp³-hybridized carbons (Fsp3) is 0.214. The van der Waals surface area contributed by atoms with Gasteiger partial charge in [-0.05, 0) is 30.2 Å². The molecule has 3 nitrogen and oxygen atoms in total. The Morgan fingerprint density at radius 1 is 1.19 bits per heavy atom. The SMILES string of the molecule is Cn1c(C(=O)NCCc2cc(F)cc(F)c2)cc(Cl)c1Cl. The average molecular weight is 333 g/mol. The van der Waals surface area contributed by atoms with Crippen molar-refractivity contribution in [2.75, 3.05) is 6.54 Å². The van der Waals surface area contributed by atoms with Crippen molar-refractivity contribution in [3.8, 4) is 0 Å². The van der Waals surface area contributed by atoms with E-state index in [1.807, 2.05) is 0 Å². The van der Waals surface area contributed by atoms with Gasteiger partial charge in [-0.15, -0.1) is 0 Å². The highest BCUT2D eigenvalue weighted by Crippen LogP contribution is 2.24. The maximum Gasteiger partial charge on any atom is 0.268 e. The van der Waals surface area contributed by atoms with E-state index < -0.39 is 11.6 Å². The lowest BCUT2D eigenvalue weighted by atomic mass is 10.1. The predicted molar refractivity (Wildman–Crippen MR) is 77.8 cm³/mol. The first-order valence-corrected chi connectivity index (χ1v) is 6.88. The zero-order valence-corrected chi connectivity index (χ0v) is 12.6. The molecular weight excluding hydrogens is 321 g/mol. The third-order valence-electron chi connectivity index (χ3n) is 2.97. The summed E-state index contributed by atoms with van der Waals surface area (Å²) >= 11 is 11.7. The number of halogens is 4. The monoisotopic (exact) mass is 332 g/mol. The summed E-state index contributed by atoms with van der Waals surface area (Å²) in [5.41, 5.74) is 0.783. The number of rotatable bonds is 4. The molecule has 0 saturated heterocycles. The molecule has 0 fully saturated rings. The van der Waals surface area contributed by atoms with Crippen LogP contribution < -0.4 is 5.32 Å². The molecule has 0 aliphatic rings. The van der Waals surface area contributed by atoms with Gasteiger partial charge < -0.3 is 9.88 Å². The highest BCUT2D eigenvalue weighted by atomic mass is 35.5. The first kappa shape index (κ1) is 15.8. The molecular formula is C14H12Cl2F2N2O. The van der Waals surface area contributed by atoms with Crippen LogP contribution in [0.2, 0.25) is 10.2 Å². The third kappa shape index (κ3) is 3.74. The molecule has 0 radical (unpaired) electrons. The van der Waals surface area contributed by atoms with Crippen LogP contribution in [0.4, 0.5) is 8.78 Å². The van der Waals surface area contributed by atoms with E-state index in [0.717, 1.165) is 6.07 Å². The fourth-order valence-electron chi connectivity index (χ4n) is 1.93. The minimum atomic E-state index is -0.641. The number of benzene rings is 1. The summed E-state index contributed by atoms with van der Waals surface area (Å²) in [5.74, 6) is -1.64. The normalized spacial score (nSPS) is 10.7. The number of hydrogen-bond donors (Lipinski definition) is 1. The molecule has 1 aromatic carbocycles. The van der Waals surface area contributed by atoms with Gasteiger partial charge in [0.05, 0.1) is 5.02 Å². The summed E-state index contributed by atoms with van der Waals surface area (Å²) in [7, 11) is 1.62. The summed E-state index contributed by atoms with van der Waals surface area (Å²) in [6.07, 6.45) is 0.312. The molecule has 1 N–H and O–H groups in total. The van der Waals surface area contributed by atoms with Gasteiger partial charge in [-0.25, -0.2) is 8.78 Å². The maximum atomic E-state index is 13.0. The molecule has 0 aliphatic carbocycles. The minimum Gasteiger partial charge on any atom is -0.350 e. The Bertz CT molecular complexity index is 666. The Morgan fingerprint density at radius 3 is 2.33 bits per heavy atom. The molecule has 0 atom stereocenters. The zero-order valence-electron chi connectivity index (χ0n) is 11.1. The van der Waals surface area contributed by atoms with Crippen LogP contribution >= 0.6 is 23.2 Å². The van der Waals surface area contributed by atoms with Crippen LogP contribution in [-0.4, -0.2) is 17.0 Å². The molecule has 7 heteroatoms. The lowest BCUT2D eigenvalue weighted by molar-refractivity contribution is 0.0946. The Labute approximate surface area is 130 Å². The van der Waals surface area contributed by atoms with Gasteiger partial charge in [0.15, 0.2) is 0 Å². The van der Waals surface area contributed by atoms with Crippen LogP contribution in [0.1, 0.15) is 16.1 Å². The first-order valence-electron chi connectivity index (χ1n) is 6.12. The summed E-state index contributed by atoms with van der Waals surface area (Å²) in [6, 6.07) is 4.72. The van der Waals surface area contributed by atoms with Gasteiger partial charge in [0, 0.05) is 19.7 Å². The van der Waals surface area contributed by atoms with Crippen molar-refractivity contribution < 1.29 is 13.6 Å². The van der Waals surface area contributed by atoms with Gasteiger partial charge in [-0.1, -0.05) is 23.2 Å². The van der Waals surface area contributed by atoms with Crippen molar-refractivity contribution in [2.45, 2.75) is 6.42 Å². The Balaban J connectivity index is 1.97. The Hall–Kier alpha value is -1.59. The van der Waals surface area contributed by atoms with Crippen LogP contribution in [0.25, 0.3) is 0 Å². The molecule has 0 unspecified atom stereocenters. The molecule has 0 spiro atoms. The topological polar surface area (TPSA) is 34.0 Å². The minimum absolute atomic E-state index is 0.238. The van der Waals surface area contributed by atoms with E-state index in [0.29, 0.717) is 17.7 Å². The van der Waals surface area contributed by atoms with E-state index in [2.05, 4.69) is 5.32 Å². The van der Waals surface area contributed by atoms with Gasteiger partial charge in [0.25, 0.3) is 5.91 Å². The molecule has 0 bridgehead atoms. The second kappa shape index (κ2) is 6.45. The lowest BCUT2D eigenvalue weighted by Gasteiger charge is -2.07. The summed E-state index contributed by atoms with van der Waals surface area (Å²) in [4.78, 5) is 12.0. The largest absolute Gasteiger partial charge is 0.350 e. The molecule has 2 rings (SSSR count). The number of nitrogens with one attached hydrogen (secondary N) is 1. The maximum absolute atomic E-state index is 13.0. The standard InChI is InChI=1S/C14H12Cl2F2N2O/c1-20-12(7-11(15)13(20)16)14(21)19-3-2-8-4-9(17)6-10(18)5-8/h4-7H,2-3H2,1H3,(H,19,21). The van der Waals surface area contributed by atoms with Crippen LogP contribution in [-0.2, 0) is 13.5 Å². The van der Waals surface area contributed by atoms with E-state index in [9.17, 15) is 13.6 Å². The average Bonchev–Trinajstić information content (AvgIpc) is 2.65. The smallest absolute Gasteiger partial charge is 0.268 e. The highest BCUT2D eigenvalue weighted by molar-refractivity contribution is 6.41. The van der Waals surface area contributed by atoms with E-state index in [4.69, 9.17) is 23.2 Å². The fourth-order valence-corrected chi connectivity index (χ4v) is 2.30. The number of carbonyl (C=O) groups is 1. The van der Waals surface area contributed by atoms with Gasteiger partial charge in [0.1, 0.15) is 22.5 Å². The molecule has 21 heavy (non-hydrogen) atoms. The Kier molecular flexibility index (Phi) is 4.85. The van der Waals surface area contributed by atoms with Crippen LogP contribution in [0.5, 0.6) is 0 Å². The molecule has 112 valence electrons. The number of carbonyl (C=O) groups excluding carboxylic acids is 1. The first-order chi connectivity index (χ1) is 9.88. The molecule has 0 aliphatic heterocycles. The number of aromatic nitrogens is 1. The van der Waals surface area contributed by atoms with Gasteiger partial charge in [-0.2, -0.15) is 0 Å². The van der Waals surface area contributed by atoms with Crippen LogP contribution in [0.3, 0.4) is 0 Å². The van der Waals surface area contributed by atoms with Crippen molar-refractivity contribution in [3.05, 3.63) is 57.3 Å². The summed E-state index contributed by atoms with van der Waals surface area (Å²) in [5, 5.41) is 3.21. The van der Waals surface area contributed by atoms with E-state index >= 15 is 0 Å². The lowest BCUT2D eigenvalue weighted by Crippen LogP contribution is -2.27. The number of nitrogens with zero attached hydrogens (tertiary/aromatic N) is 1. The van der Waals surface area contributed by atoms with E-state index in [-0.39, 0.29) is 22.6 Å². The quantitative estimate of drug-likeness (QED) is 0.912. The van der Waals surface area contributed by atoms with Gasteiger partial charge in [0.2, 0.25) is 0 Å². The van der Waals surface area contributed by atoms with Crippen molar-refractivity contribution in [1.29, 1.82) is 0 Å². The van der Waals surface area contributed by atoms with Crippen molar-refractivity contribution in [3.63, 3.8) is 0 Å².